The Morgan fingerprint density at radius 1 is 1.32 bits per heavy atom. The quantitative estimate of drug-likeness (QED) is 0.898. The molecule has 0 aromatic heterocycles. The first-order valence-corrected chi connectivity index (χ1v) is 8.45. The van der Waals surface area contributed by atoms with Crippen molar-refractivity contribution in [2.24, 2.45) is 5.92 Å². The van der Waals surface area contributed by atoms with E-state index in [-0.39, 0.29) is 11.8 Å². The molecule has 4 nitrogen and oxygen atoms in total. The Kier molecular flexibility index (Phi) is 5.01. The number of carbonyl (C=O) groups is 1. The number of amides is 1. The number of nitrogens with one attached hydrogen (secondary N) is 1. The summed E-state index contributed by atoms with van der Waals surface area (Å²) in [7, 11) is 2.15. The highest BCUT2D eigenvalue weighted by Crippen LogP contribution is 2.47. The average Bonchev–Trinajstić information content (AvgIpc) is 3.30. The van der Waals surface area contributed by atoms with Gasteiger partial charge in [-0.25, -0.2) is 0 Å². The van der Waals surface area contributed by atoms with Gasteiger partial charge in [-0.3, -0.25) is 9.69 Å². The number of hydrogen-bond acceptors (Lipinski definition) is 3. The van der Waals surface area contributed by atoms with Crippen molar-refractivity contribution >= 4 is 17.5 Å². The molecule has 0 bridgehead atoms. The molecule has 1 saturated carbocycles. The van der Waals surface area contributed by atoms with Gasteiger partial charge in [-0.2, -0.15) is 0 Å². The second-order valence-corrected chi connectivity index (χ2v) is 6.88. The second-order valence-electron chi connectivity index (χ2n) is 6.44. The maximum atomic E-state index is 12.2. The zero-order chi connectivity index (χ0) is 15.5. The first kappa shape index (κ1) is 15.8. The fourth-order valence-electron chi connectivity index (χ4n) is 3.13. The molecule has 3 rings (SSSR count). The Labute approximate surface area is 137 Å². The number of rotatable bonds is 5. The van der Waals surface area contributed by atoms with Gasteiger partial charge in [-0.05, 0) is 37.1 Å². The van der Waals surface area contributed by atoms with Gasteiger partial charge in [0.25, 0.3) is 0 Å². The summed E-state index contributed by atoms with van der Waals surface area (Å²) in [5.74, 6) is 0.674. The minimum Gasteiger partial charge on any atom is -0.355 e. The van der Waals surface area contributed by atoms with Crippen LogP contribution in [0.4, 0.5) is 0 Å². The SMILES string of the molecule is CN1CCN(CCNC(=O)C2CC2c2cccc(Cl)c2)CC1. The first-order valence-electron chi connectivity index (χ1n) is 8.07. The summed E-state index contributed by atoms with van der Waals surface area (Å²) in [6.07, 6.45) is 0.945. The third-order valence-corrected chi connectivity index (χ3v) is 4.96. The maximum Gasteiger partial charge on any atom is 0.223 e. The highest BCUT2D eigenvalue weighted by molar-refractivity contribution is 6.30. The van der Waals surface area contributed by atoms with Gasteiger partial charge in [0.1, 0.15) is 0 Å². The lowest BCUT2D eigenvalue weighted by atomic mass is 10.1. The molecule has 1 aromatic carbocycles. The summed E-state index contributed by atoms with van der Waals surface area (Å²) in [6, 6.07) is 7.87. The van der Waals surface area contributed by atoms with Crippen LogP contribution < -0.4 is 5.32 Å². The average molecular weight is 322 g/mol. The van der Waals surface area contributed by atoms with Crippen LogP contribution in [0, 0.1) is 5.92 Å². The molecule has 2 unspecified atom stereocenters. The zero-order valence-corrected chi connectivity index (χ0v) is 13.9. The minimum atomic E-state index is 0.131. The Balaban J connectivity index is 1.39. The van der Waals surface area contributed by atoms with Gasteiger partial charge in [-0.15, -0.1) is 0 Å². The molecule has 5 heteroatoms. The van der Waals surface area contributed by atoms with Crippen molar-refractivity contribution < 1.29 is 4.79 Å². The second kappa shape index (κ2) is 6.99. The normalized spacial score (nSPS) is 25.9. The number of nitrogens with zero attached hydrogens (tertiary/aromatic N) is 2. The lowest BCUT2D eigenvalue weighted by molar-refractivity contribution is -0.122. The van der Waals surface area contributed by atoms with Crippen LogP contribution in [0.15, 0.2) is 24.3 Å². The van der Waals surface area contributed by atoms with Gasteiger partial charge in [0.05, 0.1) is 0 Å². The summed E-state index contributed by atoms with van der Waals surface area (Å²) < 4.78 is 0. The van der Waals surface area contributed by atoms with Crippen molar-refractivity contribution in [3.05, 3.63) is 34.9 Å². The van der Waals surface area contributed by atoms with E-state index in [4.69, 9.17) is 11.6 Å². The van der Waals surface area contributed by atoms with Crippen molar-refractivity contribution in [1.82, 2.24) is 15.1 Å². The fraction of sp³-hybridized carbons (Fsp3) is 0.588. The standard InChI is InChI=1S/C17H24ClN3O/c1-20-7-9-21(10-8-20)6-5-19-17(22)16-12-15(16)13-3-2-4-14(18)11-13/h2-4,11,15-16H,5-10,12H2,1H3,(H,19,22). The van der Waals surface area contributed by atoms with Gasteiger partial charge in [0, 0.05) is 50.2 Å². The first-order chi connectivity index (χ1) is 10.6. The fourth-order valence-corrected chi connectivity index (χ4v) is 3.33. The van der Waals surface area contributed by atoms with Gasteiger partial charge in [0.15, 0.2) is 0 Å². The van der Waals surface area contributed by atoms with Crippen LogP contribution in [0.3, 0.4) is 0 Å². The molecule has 2 atom stereocenters. The summed E-state index contributed by atoms with van der Waals surface area (Å²) in [4.78, 5) is 17.0. The zero-order valence-electron chi connectivity index (χ0n) is 13.1. The molecule has 120 valence electrons. The molecule has 1 aliphatic carbocycles. The van der Waals surface area contributed by atoms with E-state index in [1.807, 2.05) is 18.2 Å². The third kappa shape index (κ3) is 4.00. The van der Waals surface area contributed by atoms with Crippen molar-refractivity contribution in [2.75, 3.05) is 46.3 Å². The van der Waals surface area contributed by atoms with E-state index in [2.05, 4.69) is 28.2 Å². The van der Waals surface area contributed by atoms with Crippen LogP contribution in [0.2, 0.25) is 5.02 Å². The van der Waals surface area contributed by atoms with Crippen LogP contribution in [-0.2, 0) is 4.79 Å². The van der Waals surface area contributed by atoms with Crippen LogP contribution in [0.25, 0.3) is 0 Å². The summed E-state index contributed by atoms with van der Waals surface area (Å²) in [6.45, 7) is 6.14. The summed E-state index contributed by atoms with van der Waals surface area (Å²) in [5, 5.41) is 3.84. The van der Waals surface area contributed by atoms with Crippen LogP contribution in [0.5, 0.6) is 0 Å². The molecule has 1 aromatic rings. The van der Waals surface area contributed by atoms with E-state index < -0.39 is 0 Å². The highest BCUT2D eigenvalue weighted by atomic mass is 35.5. The molecule has 1 saturated heterocycles. The van der Waals surface area contributed by atoms with E-state index in [0.717, 1.165) is 50.7 Å². The molecule has 0 radical (unpaired) electrons. The minimum absolute atomic E-state index is 0.131. The van der Waals surface area contributed by atoms with Crippen molar-refractivity contribution in [3.63, 3.8) is 0 Å². The van der Waals surface area contributed by atoms with Crippen LogP contribution >= 0.6 is 11.6 Å². The maximum absolute atomic E-state index is 12.2. The number of piperazine rings is 1. The molecule has 2 fully saturated rings. The molecule has 1 aliphatic heterocycles. The molecule has 1 heterocycles. The number of likely N-dealkylation sites (N-methyl/N-ethyl adjacent to an activating group) is 1. The van der Waals surface area contributed by atoms with Gasteiger partial charge < -0.3 is 10.2 Å². The largest absolute Gasteiger partial charge is 0.355 e. The number of benzene rings is 1. The molecule has 22 heavy (non-hydrogen) atoms. The van der Waals surface area contributed by atoms with Crippen molar-refractivity contribution in [1.29, 1.82) is 0 Å². The predicted octanol–water partition coefficient (Wildman–Crippen LogP) is 1.81. The number of hydrogen-bond donors (Lipinski definition) is 1. The Morgan fingerprint density at radius 2 is 2.09 bits per heavy atom. The molecule has 2 aliphatic rings. The molecule has 0 spiro atoms. The monoisotopic (exact) mass is 321 g/mol. The van der Waals surface area contributed by atoms with E-state index in [9.17, 15) is 4.79 Å². The predicted molar refractivity (Wildman–Crippen MR) is 89.2 cm³/mol. The smallest absolute Gasteiger partial charge is 0.223 e. The van der Waals surface area contributed by atoms with Crippen LogP contribution in [-0.4, -0.2) is 62.0 Å². The third-order valence-electron chi connectivity index (χ3n) is 4.73. The number of halogens is 1. The van der Waals surface area contributed by atoms with E-state index in [1.54, 1.807) is 0 Å². The molecular formula is C17H24ClN3O. The topological polar surface area (TPSA) is 35.6 Å². The molecule has 1 amide bonds. The lowest BCUT2D eigenvalue weighted by Gasteiger charge is -2.32. The Morgan fingerprint density at radius 3 is 2.82 bits per heavy atom. The number of carbonyl (C=O) groups excluding carboxylic acids is 1. The molecule has 1 N–H and O–H groups in total. The molecular weight excluding hydrogens is 298 g/mol. The Hall–Kier alpha value is -1.10. The summed E-state index contributed by atoms with van der Waals surface area (Å²) >= 11 is 6.01. The summed E-state index contributed by atoms with van der Waals surface area (Å²) in [5.41, 5.74) is 1.19. The highest BCUT2D eigenvalue weighted by Gasteiger charge is 2.43. The van der Waals surface area contributed by atoms with Crippen molar-refractivity contribution in [2.45, 2.75) is 12.3 Å². The lowest BCUT2D eigenvalue weighted by Crippen LogP contribution is -2.47. The van der Waals surface area contributed by atoms with E-state index in [0.29, 0.717) is 5.92 Å². The van der Waals surface area contributed by atoms with Gasteiger partial charge >= 0.3 is 0 Å². The van der Waals surface area contributed by atoms with Gasteiger partial charge in [0.2, 0.25) is 5.91 Å². The van der Waals surface area contributed by atoms with E-state index >= 15 is 0 Å². The van der Waals surface area contributed by atoms with E-state index in [1.165, 1.54) is 5.56 Å². The van der Waals surface area contributed by atoms with Gasteiger partial charge in [-0.1, -0.05) is 23.7 Å². The van der Waals surface area contributed by atoms with Crippen LogP contribution in [0.1, 0.15) is 17.9 Å². The van der Waals surface area contributed by atoms with Crippen molar-refractivity contribution in [3.8, 4) is 0 Å². The Bertz CT molecular complexity index is 528.